The van der Waals surface area contributed by atoms with Gasteiger partial charge in [0.15, 0.2) is 0 Å². The third-order valence-electron chi connectivity index (χ3n) is 2.90. The van der Waals surface area contributed by atoms with Gasteiger partial charge in [-0.2, -0.15) is 0 Å². The zero-order chi connectivity index (χ0) is 11.8. The Morgan fingerprint density at radius 2 is 2.44 bits per heavy atom. The smallest absolute Gasteiger partial charge is 0.345 e. The highest BCUT2D eigenvalue weighted by atomic mass is 16.7. The Morgan fingerprint density at radius 1 is 1.69 bits per heavy atom. The van der Waals surface area contributed by atoms with Crippen LogP contribution in [0.25, 0.3) is 0 Å². The molecule has 6 heteroatoms. The van der Waals surface area contributed by atoms with Crippen molar-refractivity contribution in [1.29, 1.82) is 0 Å². The van der Waals surface area contributed by atoms with E-state index in [2.05, 4.69) is 0 Å². The SMILES string of the molecule is CCOC(=O)C1OC2(OC)CCCN2C1=O. The predicted molar refractivity (Wildman–Crippen MR) is 52.2 cm³/mol. The molecule has 2 saturated heterocycles. The summed E-state index contributed by atoms with van der Waals surface area (Å²) in [6.45, 7) is 2.47. The van der Waals surface area contributed by atoms with Crippen LogP contribution in [0, 0.1) is 0 Å². The van der Waals surface area contributed by atoms with Crippen molar-refractivity contribution in [3.05, 3.63) is 0 Å². The molecule has 90 valence electrons. The van der Waals surface area contributed by atoms with Crippen LogP contribution in [0.15, 0.2) is 0 Å². The summed E-state index contributed by atoms with van der Waals surface area (Å²) >= 11 is 0. The normalized spacial score (nSPS) is 33.0. The van der Waals surface area contributed by atoms with Crippen molar-refractivity contribution in [1.82, 2.24) is 4.90 Å². The molecule has 0 N–H and O–H groups in total. The molecule has 0 aromatic carbocycles. The number of methoxy groups -OCH3 is 1. The van der Waals surface area contributed by atoms with Crippen LogP contribution in [0.2, 0.25) is 0 Å². The van der Waals surface area contributed by atoms with Gasteiger partial charge >= 0.3 is 5.97 Å². The number of ether oxygens (including phenoxy) is 3. The minimum atomic E-state index is -1.17. The zero-order valence-electron chi connectivity index (χ0n) is 9.39. The molecule has 2 unspecified atom stereocenters. The Labute approximate surface area is 93.4 Å². The molecule has 0 spiro atoms. The molecule has 6 nitrogen and oxygen atoms in total. The molecule has 2 aliphatic rings. The van der Waals surface area contributed by atoms with Gasteiger partial charge in [0, 0.05) is 20.1 Å². The predicted octanol–water partition coefficient (Wildman–Crippen LogP) is -0.129. The van der Waals surface area contributed by atoms with E-state index in [0.29, 0.717) is 13.0 Å². The maximum Gasteiger partial charge on any atom is 0.345 e. The Bertz CT molecular complexity index is 318. The molecule has 2 heterocycles. The molecule has 0 aromatic heterocycles. The van der Waals surface area contributed by atoms with Gasteiger partial charge in [-0.05, 0) is 13.3 Å². The first-order valence-electron chi connectivity index (χ1n) is 5.35. The van der Waals surface area contributed by atoms with Gasteiger partial charge in [-0.1, -0.05) is 0 Å². The Morgan fingerprint density at radius 3 is 3.00 bits per heavy atom. The lowest BCUT2D eigenvalue weighted by Crippen LogP contribution is -2.42. The van der Waals surface area contributed by atoms with E-state index >= 15 is 0 Å². The zero-order valence-corrected chi connectivity index (χ0v) is 9.39. The number of carbonyl (C=O) groups excluding carboxylic acids is 2. The van der Waals surface area contributed by atoms with E-state index in [9.17, 15) is 9.59 Å². The molecular weight excluding hydrogens is 214 g/mol. The molecule has 0 bridgehead atoms. The van der Waals surface area contributed by atoms with Gasteiger partial charge in [-0.15, -0.1) is 0 Å². The molecule has 0 saturated carbocycles. The largest absolute Gasteiger partial charge is 0.464 e. The molecule has 1 amide bonds. The fourth-order valence-corrected chi connectivity index (χ4v) is 2.17. The van der Waals surface area contributed by atoms with Gasteiger partial charge in [-0.25, -0.2) is 4.79 Å². The van der Waals surface area contributed by atoms with Crippen LogP contribution in [0.5, 0.6) is 0 Å². The number of nitrogens with zero attached hydrogens (tertiary/aromatic N) is 1. The Hall–Kier alpha value is -1.14. The minimum absolute atomic E-state index is 0.228. The van der Waals surface area contributed by atoms with E-state index in [4.69, 9.17) is 14.2 Å². The summed E-state index contributed by atoms with van der Waals surface area (Å²) in [6.07, 6.45) is 0.237. The van der Waals surface area contributed by atoms with Crippen molar-refractivity contribution < 1.29 is 23.8 Å². The van der Waals surface area contributed by atoms with Crippen LogP contribution < -0.4 is 0 Å². The van der Waals surface area contributed by atoms with Crippen molar-refractivity contribution in [2.75, 3.05) is 20.3 Å². The number of amides is 1. The summed E-state index contributed by atoms with van der Waals surface area (Å²) in [5.74, 6) is -2.05. The minimum Gasteiger partial charge on any atom is -0.464 e. The van der Waals surface area contributed by atoms with Crippen molar-refractivity contribution in [2.24, 2.45) is 0 Å². The quantitative estimate of drug-likeness (QED) is 0.498. The molecule has 0 aliphatic carbocycles. The van der Waals surface area contributed by atoms with Crippen LogP contribution in [-0.2, 0) is 23.8 Å². The third kappa shape index (κ3) is 1.49. The molecule has 2 fully saturated rings. The summed E-state index contributed by atoms with van der Waals surface area (Å²) in [7, 11) is 1.47. The number of fused-ring (bicyclic) bond motifs is 1. The second-order valence-electron chi connectivity index (χ2n) is 3.76. The lowest BCUT2D eigenvalue weighted by Gasteiger charge is -2.27. The van der Waals surface area contributed by atoms with E-state index < -0.39 is 18.0 Å². The number of rotatable bonds is 3. The number of carbonyl (C=O) groups is 2. The van der Waals surface area contributed by atoms with E-state index in [1.165, 1.54) is 12.0 Å². The van der Waals surface area contributed by atoms with E-state index in [-0.39, 0.29) is 12.5 Å². The average molecular weight is 229 g/mol. The fourth-order valence-electron chi connectivity index (χ4n) is 2.17. The molecule has 2 aliphatic heterocycles. The van der Waals surface area contributed by atoms with Crippen molar-refractivity contribution in [2.45, 2.75) is 31.8 Å². The maximum absolute atomic E-state index is 11.9. The van der Waals surface area contributed by atoms with Gasteiger partial charge in [0.1, 0.15) is 0 Å². The molecule has 0 aromatic rings. The summed E-state index contributed by atoms with van der Waals surface area (Å²) in [4.78, 5) is 24.8. The number of esters is 1. The Kier molecular flexibility index (Phi) is 2.86. The second kappa shape index (κ2) is 4.03. The van der Waals surface area contributed by atoms with Crippen molar-refractivity contribution >= 4 is 11.9 Å². The van der Waals surface area contributed by atoms with Gasteiger partial charge in [0.2, 0.25) is 6.10 Å². The highest BCUT2D eigenvalue weighted by molar-refractivity contribution is 6.02. The van der Waals surface area contributed by atoms with Gasteiger partial charge in [0.25, 0.3) is 11.8 Å². The highest BCUT2D eigenvalue weighted by Gasteiger charge is 2.58. The summed E-state index contributed by atoms with van der Waals surface area (Å²) in [5, 5.41) is 0. The van der Waals surface area contributed by atoms with Crippen LogP contribution in [0.3, 0.4) is 0 Å². The highest BCUT2D eigenvalue weighted by Crippen LogP contribution is 2.38. The molecular formula is C10H15NO5. The number of hydrogen-bond acceptors (Lipinski definition) is 5. The van der Waals surface area contributed by atoms with Crippen molar-refractivity contribution in [3.8, 4) is 0 Å². The van der Waals surface area contributed by atoms with Gasteiger partial charge < -0.3 is 14.2 Å². The van der Waals surface area contributed by atoms with Crippen LogP contribution in [-0.4, -0.2) is 49.1 Å². The van der Waals surface area contributed by atoms with Gasteiger partial charge in [0.05, 0.1) is 6.61 Å². The van der Waals surface area contributed by atoms with Crippen LogP contribution in [0.4, 0.5) is 0 Å². The van der Waals surface area contributed by atoms with Crippen molar-refractivity contribution in [3.63, 3.8) is 0 Å². The first-order valence-corrected chi connectivity index (χ1v) is 5.35. The van der Waals surface area contributed by atoms with Gasteiger partial charge in [-0.3, -0.25) is 9.69 Å². The number of hydrogen-bond donors (Lipinski definition) is 0. The van der Waals surface area contributed by atoms with E-state index in [1.54, 1.807) is 6.92 Å². The topological polar surface area (TPSA) is 65.1 Å². The van der Waals surface area contributed by atoms with Crippen LogP contribution in [0.1, 0.15) is 19.8 Å². The summed E-state index contributed by atoms with van der Waals surface area (Å²) < 4.78 is 15.4. The fraction of sp³-hybridized carbons (Fsp3) is 0.800. The lowest BCUT2D eigenvalue weighted by atomic mass is 10.3. The summed E-state index contributed by atoms with van der Waals surface area (Å²) in [5.41, 5.74) is 0. The monoisotopic (exact) mass is 229 g/mol. The first-order chi connectivity index (χ1) is 7.64. The van der Waals surface area contributed by atoms with E-state index in [0.717, 1.165) is 6.42 Å². The Balaban J connectivity index is 2.16. The lowest BCUT2D eigenvalue weighted by molar-refractivity contribution is -0.258. The second-order valence-corrected chi connectivity index (χ2v) is 3.76. The molecule has 16 heavy (non-hydrogen) atoms. The average Bonchev–Trinajstić information content (AvgIpc) is 2.79. The summed E-state index contributed by atoms with van der Waals surface area (Å²) in [6, 6.07) is 0. The first kappa shape index (κ1) is 11.3. The molecule has 0 radical (unpaired) electrons. The maximum atomic E-state index is 11.9. The molecule has 2 rings (SSSR count). The van der Waals surface area contributed by atoms with E-state index in [1.807, 2.05) is 0 Å². The molecule has 2 atom stereocenters. The third-order valence-corrected chi connectivity index (χ3v) is 2.90. The van der Waals surface area contributed by atoms with Crippen LogP contribution >= 0.6 is 0 Å². The standard InChI is InChI=1S/C10H15NO5/c1-3-15-9(13)7-8(12)11-6-4-5-10(11,14-2)16-7/h7H,3-6H2,1-2H3.